The standard InChI is InChI=1S/C12H18N4S2/c1-9-14-10(7-17-9)5-16(2)6-11-8-18-12(15-11)3-4-13/h7-8H,3-6,13H2,1-2H3. The van der Waals surface area contributed by atoms with Gasteiger partial charge >= 0.3 is 0 Å². The molecule has 0 aromatic carbocycles. The zero-order valence-corrected chi connectivity index (χ0v) is 12.4. The van der Waals surface area contributed by atoms with Gasteiger partial charge in [0.2, 0.25) is 0 Å². The van der Waals surface area contributed by atoms with Gasteiger partial charge in [-0.05, 0) is 20.5 Å². The van der Waals surface area contributed by atoms with Crippen LogP contribution in [0.25, 0.3) is 0 Å². The van der Waals surface area contributed by atoms with Crippen LogP contribution in [0.4, 0.5) is 0 Å². The van der Waals surface area contributed by atoms with E-state index in [0.29, 0.717) is 6.54 Å². The summed E-state index contributed by atoms with van der Waals surface area (Å²) < 4.78 is 0. The molecular weight excluding hydrogens is 264 g/mol. The van der Waals surface area contributed by atoms with Gasteiger partial charge in [-0.3, -0.25) is 4.90 Å². The highest BCUT2D eigenvalue weighted by atomic mass is 32.1. The quantitative estimate of drug-likeness (QED) is 0.881. The lowest BCUT2D eigenvalue weighted by Crippen LogP contribution is -2.17. The molecule has 2 heterocycles. The first-order chi connectivity index (χ1) is 8.67. The topological polar surface area (TPSA) is 55.0 Å². The minimum absolute atomic E-state index is 0.668. The number of thiazole rings is 2. The molecule has 2 aromatic heterocycles. The first kappa shape index (κ1) is 13.6. The number of aryl methyl sites for hydroxylation is 1. The van der Waals surface area contributed by atoms with Crippen LogP contribution < -0.4 is 5.73 Å². The third kappa shape index (κ3) is 3.84. The van der Waals surface area contributed by atoms with Gasteiger partial charge in [0.05, 0.1) is 21.4 Å². The number of nitrogens with two attached hydrogens (primary N) is 1. The van der Waals surface area contributed by atoms with Crippen molar-refractivity contribution in [3.05, 3.63) is 32.2 Å². The number of hydrogen-bond donors (Lipinski definition) is 1. The Morgan fingerprint density at radius 3 is 2.44 bits per heavy atom. The van der Waals surface area contributed by atoms with Gasteiger partial charge in [-0.2, -0.15) is 0 Å². The van der Waals surface area contributed by atoms with Crippen molar-refractivity contribution < 1.29 is 0 Å². The van der Waals surface area contributed by atoms with Crippen LogP contribution in [0.5, 0.6) is 0 Å². The number of nitrogens with zero attached hydrogens (tertiary/aromatic N) is 3. The van der Waals surface area contributed by atoms with Crippen LogP contribution in [-0.4, -0.2) is 28.5 Å². The summed E-state index contributed by atoms with van der Waals surface area (Å²) >= 11 is 3.39. The highest BCUT2D eigenvalue weighted by Crippen LogP contribution is 2.14. The van der Waals surface area contributed by atoms with Crippen molar-refractivity contribution in [2.45, 2.75) is 26.4 Å². The first-order valence-electron chi connectivity index (χ1n) is 5.90. The Labute approximate surface area is 115 Å². The predicted molar refractivity (Wildman–Crippen MR) is 76.9 cm³/mol. The van der Waals surface area contributed by atoms with Gasteiger partial charge in [-0.15, -0.1) is 22.7 Å². The molecule has 0 atom stereocenters. The van der Waals surface area contributed by atoms with Crippen LogP contribution in [0.2, 0.25) is 0 Å². The molecule has 0 aliphatic rings. The highest BCUT2D eigenvalue weighted by molar-refractivity contribution is 7.09. The van der Waals surface area contributed by atoms with E-state index in [0.717, 1.165) is 40.9 Å². The molecule has 0 aliphatic heterocycles. The van der Waals surface area contributed by atoms with Crippen LogP contribution in [0.1, 0.15) is 21.4 Å². The average Bonchev–Trinajstić information content (AvgIpc) is 2.89. The average molecular weight is 282 g/mol. The molecule has 4 nitrogen and oxygen atoms in total. The van der Waals surface area contributed by atoms with Gasteiger partial charge in [0.15, 0.2) is 0 Å². The summed E-state index contributed by atoms with van der Waals surface area (Å²) in [7, 11) is 2.09. The smallest absolute Gasteiger partial charge is 0.0941 e. The van der Waals surface area contributed by atoms with Gasteiger partial charge in [-0.1, -0.05) is 0 Å². The maximum atomic E-state index is 5.52. The van der Waals surface area contributed by atoms with Gasteiger partial charge in [0, 0.05) is 30.3 Å². The summed E-state index contributed by atoms with van der Waals surface area (Å²) in [6, 6.07) is 0. The Morgan fingerprint density at radius 2 is 1.83 bits per heavy atom. The van der Waals surface area contributed by atoms with Crippen molar-refractivity contribution in [1.29, 1.82) is 0 Å². The highest BCUT2D eigenvalue weighted by Gasteiger charge is 2.07. The van der Waals surface area contributed by atoms with Crippen molar-refractivity contribution in [2.75, 3.05) is 13.6 Å². The number of hydrogen-bond acceptors (Lipinski definition) is 6. The molecule has 6 heteroatoms. The molecule has 0 saturated carbocycles. The van der Waals surface area contributed by atoms with Crippen LogP contribution >= 0.6 is 22.7 Å². The summed E-state index contributed by atoms with van der Waals surface area (Å²) in [5.41, 5.74) is 7.78. The van der Waals surface area contributed by atoms with Gasteiger partial charge in [-0.25, -0.2) is 9.97 Å². The van der Waals surface area contributed by atoms with E-state index in [1.54, 1.807) is 22.7 Å². The van der Waals surface area contributed by atoms with Crippen LogP contribution in [0.15, 0.2) is 10.8 Å². The molecule has 98 valence electrons. The number of rotatable bonds is 6. The van der Waals surface area contributed by atoms with E-state index in [1.165, 1.54) is 0 Å². The van der Waals surface area contributed by atoms with Crippen molar-refractivity contribution in [3.63, 3.8) is 0 Å². The summed E-state index contributed by atoms with van der Waals surface area (Å²) in [5, 5.41) is 6.49. The minimum atomic E-state index is 0.668. The van der Waals surface area contributed by atoms with Gasteiger partial charge in [0.25, 0.3) is 0 Å². The fourth-order valence-electron chi connectivity index (χ4n) is 1.75. The molecule has 0 spiro atoms. The van der Waals surface area contributed by atoms with E-state index >= 15 is 0 Å². The fraction of sp³-hybridized carbons (Fsp3) is 0.500. The molecule has 18 heavy (non-hydrogen) atoms. The SMILES string of the molecule is Cc1nc(CN(C)Cc2csc(CCN)n2)cs1. The Kier molecular flexibility index (Phi) is 4.82. The normalized spacial score (nSPS) is 11.3. The monoisotopic (exact) mass is 282 g/mol. The Morgan fingerprint density at radius 1 is 1.17 bits per heavy atom. The second-order valence-electron chi connectivity index (χ2n) is 4.30. The maximum absolute atomic E-state index is 5.52. The summed E-state index contributed by atoms with van der Waals surface area (Å²) in [6.07, 6.45) is 0.875. The first-order valence-corrected chi connectivity index (χ1v) is 7.66. The van der Waals surface area contributed by atoms with Crippen LogP contribution in [-0.2, 0) is 19.5 Å². The van der Waals surface area contributed by atoms with E-state index in [-0.39, 0.29) is 0 Å². The third-order valence-corrected chi connectivity index (χ3v) is 4.27. The largest absolute Gasteiger partial charge is 0.330 e. The number of aromatic nitrogens is 2. The Balaban J connectivity index is 1.88. The van der Waals surface area contributed by atoms with E-state index in [9.17, 15) is 0 Å². The fourth-order valence-corrected chi connectivity index (χ4v) is 3.16. The second kappa shape index (κ2) is 6.38. The second-order valence-corrected chi connectivity index (χ2v) is 6.31. The minimum Gasteiger partial charge on any atom is -0.330 e. The zero-order valence-electron chi connectivity index (χ0n) is 10.7. The van der Waals surface area contributed by atoms with E-state index in [2.05, 4.69) is 32.7 Å². The van der Waals surface area contributed by atoms with Crippen LogP contribution in [0, 0.1) is 6.92 Å². The molecule has 0 aliphatic carbocycles. The summed E-state index contributed by atoms with van der Waals surface area (Å²) in [4.78, 5) is 11.3. The van der Waals surface area contributed by atoms with E-state index in [1.807, 2.05) is 6.92 Å². The molecule has 2 N–H and O–H groups in total. The summed E-state index contributed by atoms with van der Waals surface area (Å²) in [5.74, 6) is 0. The molecule has 0 amide bonds. The molecule has 0 radical (unpaired) electrons. The lowest BCUT2D eigenvalue weighted by molar-refractivity contribution is 0.312. The van der Waals surface area contributed by atoms with Crippen LogP contribution in [0.3, 0.4) is 0 Å². The predicted octanol–water partition coefficient (Wildman–Crippen LogP) is 2.04. The summed E-state index contributed by atoms with van der Waals surface area (Å²) in [6.45, 7) is 4.43. The molecule has 0 unspecified atom stereocenters. The molecular formula is C12H18N4S2. The van der Waals surface area contributed by atoms with Crippen molar-refractivity contribution in [2.24, 2.45) is 5.73 Å². The van der Waals surface area contributed by atoms with Crippen molar-refractivity contribution in [3.8, 4) is 0 Å². The Bertz CT molecular complexity index is 492. The maximum Gasteiger partial charge on any atom is 0.0941 e. The molecule has 0 fully saturated rings. The van der Waals surface area contributed by atoms with Gasteiger partial charge < -0.3 is 5.73 Å². The molecule has 0 saturated heterocycles. The molecule has 2 aromatic rings. The van der Waals surface area contributed by atoms with Crippen molar-refractivity contribution in [1.82, 2.24) is 14.9 Å². The zero-order chi connectivity index (χ0) is 13.0. The lowest BCUT2D eigenvalue weighted by Gasteiger charge is -2.13. The molecule has 2 rings (SSSR count). The lowest BCUT2D eigenvalue weighted by atomic mass is 10.4. The van der Waals surface area contributed by atoms with E-state index < -0.39 is 0 Å². The van der Waals surface area contributed by atoms with E-state index in [4.69, 9.17) is 5.73 Å². The van der Waals surface area contributed by atoms with Crippen molar-refractivity contribution >= 4 is 22.7 Å². The Hall–Kier alpha value is -0.820. The molecule has 0 bridgehead atoms. The van der Waals surface area contributed by atoms with Gasteiger partial charge in [0.1, 0.15) is 0 Å². The third-order valence-electron chi connectivity index (χ3n) is 2.49.